The van der Waals surface area contributed by atoms with E-state index in [4.69, 9.17) is 15.0 Å². The van der Waals surface area contributed by atoms with E-state index in [1.807, 2.05) is 36.4 Å². The molecule has 0 fully saturated rings. The van der Waals surface area contributed by atoms with Gasteiger partial charge in [0.25, 0.3) is 0 Å². The fourth-order valence-electron chi connectivity index (χ4n) is 13.4. The number of hydrogen-bond acceptors (Lipinski definition) is 3. The molecule has 6 nitrogen and oxygen atoms in total. The Kier molecular flexibility index (Phi) is 11.8. The SMILES string of the molecule is c1ccc(-c2ccc3c(c2)c2cc(-c4ccccc4)ccc2n3-c2c(-c3ccccc3-n3c4ccccc4c4ccccc43)cc(-c3nc(-c4ccccc4)nc(-c4ccccc4)n3)cc2-c2ccccc2-n2c3ccccc3c3ccccc32)cc1. The van der Waals surface area contributed by atoms with Crippen molar-refractivity contribution in [3.63, 3.8) is 0 Å². The number of rotatable bonds is 10. The molecule has 0 aliphatic rings. The van der Waals surface area contributed by atoms with Crippen LogP contribution in [0.3, 0.4) is 0 Å². The van der Waals surface area contributed by atoms with Gasteiger partial charge in [0.2, 0.25) is 0 Å². The summed E-state index contributed by atoms with van der Waals surface area (Å²) in [6.07, 6.45) is 0. The third-order valence-electron chi connectivity index (χ3n) is 17.3. The van der Waals surface area contributed by atoms with Crippen LogP contribution in [0.4, 0.5) is 0 Å². The minimum atomic E-state index is 0.558. The zero-order chi connectivity index (χ0) is 57.4. The summed E-state index contributed by atoms with van der Waals surface area (Å²) in [5, 5.41) is 7.06. The molecule has 0 spiro atoms. The summed E-state index contributed by atoms with van der Waals surface area (Å²) < 4.78 is 7.46. The Bertz CT molecular complexity index is 5070. The Balaban J connectivity index is 1.06. The highest BCUT2D eigenvalue weighted by Gasteiger charge is 2.28. The van der Waals surface area contributed by atoms with E-state index >= 15 is 0 Å². The number of nitrogens with zero attached hydrogens (tertiary/aromatic N) is 6. The third kappa shape index (κ3) is 8.29. The number of para-hydroxylation sites is 6. The molecule has 6 heteroatoms. The molecule has 0 saturated carbocycles. The molecule has 87 heavy (non-hydrogen) atoms. The van der Waals surface area contributed by atoms with Crippen LogP contribution >= 0.6 is 0 Å². The van der Waals surface area contributed by atoms with Gasteiger partial charge in [-0.1, -0.05) is 243 Å². The van der Waals surface area contributed by atoms with Crippen LogP contribution in [-0.4, -0.2) is 28.7 Å². The van der Waals surface area contributed by atoms with Gasteiger partial charge in [-0.15, -0.1) is 0 Å². The van der Waals surface area contributed by atoms with E-state index in [1.54, 1.807) is 0 Å². The average molecular weight is 1110 g/mol. The van der Waals surface area contributed by atoms with Crippen molar-refractivity contribution in [2.24, 2.45) is 0 Å². The molecule has 0 radical (unpaired) electrons. The van der Waals surface area contributed by atoms with Gasteiger partial charge in [-0.3, -0.25) is 0 Å². The van der Waals surface area contributed by atoms with Gasteiger partial charge in [-0.25, -0.2) is 15.0 Å². The zero-order valence-electron chi connectivity index (χ0n) is 47.2. The van der Waals surface area contributed by atoms with Crippen LogP contribution in [0.2, 0.25) is 0 Å². The lowest BCUT2D eigenvalue weighted by Gasteiger charge is -2.24. The molecular formula is C81H52N6. The molecule has 0 saturated heterocycles. The minimum absolute atomic E-state index is 0.558. The summed E-state index contributed by atoms with van der Waals surface area (Å²) in [6.45, 7) is 0. The fraction of sp³-hybridized carbons (Fsp3) is 0. The normalized spacial score (nSPS) is 11.7. The molecule has 4 aromatic heterocycles. The Labute approximate surface area is 502 Å². The molecule has 17 rings (SSSR count). The second-order valence-corrected chi connectivity index (χ2v) is 22.3. The molecule has 0 amide bonds. The van der Waals surface area contributed by atoms with Crippen LogP contribution in [0.15, 0.2) is 315 Å². The number of aromatic nitrogens is 6. The van der Waals surface area contributed by atoms with Gasteiger partial charge in [0.05, 0.1) is 50.2 Å². The second-order valence-electron chi connectivity index (χ2n) is 22.3. The average Bonchev–Trinajstić information content (AvgIpc) is 2.12. The van der Waals surface area contributed by atoms with Crippen molar-refractivity contribution in [3.8, 4) is 95.7 Å². The van der Waals surface area contributed by atoms with E-state index in [0.717, 1.165) is 122 Å². The van der Waals surface area contributed by atoms with Crippen LogP contribution < -0.4 is 0 Å². The van der Waals surface area contributed by atoms with Crippen LogP contribution in [0.25, 0.3) is 161 Å². The molecule has 0 atom stereocenters. The summed E-state index contributed by atoms with van der Waals surface area (Å²) in [6, 6.07) is 114. The van der Waals surface area contributed by atoms with Crippen LogP contribution in [-0.2, 0) is 0 Å². The van der Waals surface area contributed by atoms with Gasteiger partial charge in [-0.05, 0) is 95.1 Å². The first-order valence-corrected chi connectivity index (χ1v) is 29.6. The maximum atomic E-state index is 5.51. The predicted octanol–water partition coefficient (Wildman–Crippen LogP) is 20.8. The summed E-state index contributed by atoms with van der Waals surface area (Å²) in [5.74, 6) is 1.74. The van der Waals surface area contributed by atoms with Crippen LogP contribution in [0.5, 0.6) is 0 Å². The monoisotopic (exact) mass is 1110 g/mol. The Morgan fingerprint density at radius 1 is 0.184 bits per heavy atom. The first-order valence-electron chi connectivity index (χ1n) is 29.6. The molecule has 13 aromatic carbocycles. The van der Waals surface area contributed by atoms with Crippen molar-refractivity contribution >= 4 is 65.4 Å². The molecule has 0 bridgehead atoms. The summed E-state index contributed by atoms with van der Waals surface area (Å²) in [5.41, 5.74) is 21.1. The molecular weight excluding hydrogens is 1060 g/mol. The minimum Gasteiger partial charge on any atom is -0.309 e. The largest absolute Gasteiger partial charge is 0.309 e. The second kappa shape index (κ2) is 20.6. The highest BCUT2D eigenvalue weighted by Crippen LogP contribution is 2.49. The predicted molar refractivity (Wildman–Crippen MR) is 361 cm³/mol. The van der Waals surface area contributed by atoms with Crippen molar-refractivity contribution < 1.29 is 0 Å². The van der Waals surface area contributed by atoms with Crippen molar-refractivity contribution in [1.29, 1.82) is 0 Å². The number of benzene rings is 13. The molecule has 406 valence electrons. The van der Waals surface area contributed by atoms with E-state index < -0.39 is 0 Å². The Morgan fingerprint density at radius 2 is 0.483 bits per heavy atom. The molecule has 0 aliphatic carbocycles. The Morgan fingerprint density at radius 3 is 0.862 bits per heavy atom. The molecule has 4 heterocycles. The number of fused-ring (bicyclic) bond motifs is 9. The fourth-order valence-corrected chi connectivity index (χ4v) is 13.4. The van der Waals surface area contributed by atoms with Gasteiger partial charge in [-0.2, -0.15) is 0 Å². The highest BCUT2D eigenvalue weighted by molar-refractivity contribution is 6.15. The van der Waals surface area contributed by atoms with Gasteiger partial charge in [0.15, 0.2) is 17.5 Å². The van der Waals surface area contributed by atoms with Gasteiger partial charge in [0.1, 0.15) is 0 Å². The lowest BCUT2D eigenvalue weighted by Crippen LogP contribution is -2.07. The smallest absolute Gasteiger partial charge is 0.164 e. The van der Waals surface area contributed by atoms with Crippen LogP contribution in [0, 0.1) is 0 Å². The maximum absolute atomic E-state index is 5.51. The first kappa shape index (κ1) is 49.8. The van der Waals surface area contributed by atoms with E-state index in [0.29, 0.717) is 17.5 Å². The number of hydrogen-bond donors (Lipinski definition) is 0. The Hall–Kier alpha value is -11.7. The van der Waals surface area contributed by atoms with Crippen molar-refractivity contribution in [2.75, 3.05) is 0 Å². The van der Waals surface area contributed by atoms with Gasteiger partial charge < -0.3 is 13.7 Å². The molecule has 0 unspecified atom stereocenters. The molecule has 0 aliphatic heterocycles. The lowest BCUT2D eigenvalue weighted by molar-refractivity contribution is 1.07. The molecule has 17 aromatic rings. The van der Waals surface area contributed by atoms with Crippen molar-refractivity contribution in [2.45, 2.75) is 0 Å². The van der Waals surface area contributed by atoms with E-state index in [9.17, 15) is 0 Å². The van der Waals surface area contributed by atoms with Crippen LogP contribution in [0.1, 0.15) is 0 Å². The standard InChI is InChI=1S/C81H52N6/c1-5-25-53(26-6-1)57-45-47-76-66(49-57)67-50-58(54-27-7-2-8-28-54)46-48-77(67)87(76)78-68(64-37-17-23-43-74(64)85-70-39-19-13-33-60(70)61-34-14-20-40-71(61)85)51-59(81-83-79(55-29-9-3-10-30-55)82-80(84-81)56-31-11-4-12-32-56)52-69(78)65-38-18-24-44-75(65)86-72-41-21-15-35-62(72)63-36-16-22-42-73(63)86/h1-52H. The van der Waals surface area contributed by atoms with Crippen molar-refractivity contribution in [3.05, 3.63) is 315 Å². The first-order chi connectivity index (χ1) is 43.2. The summed E-state index contributed by atoms with van der Waals surface area (Å²) in [7, 11) is 0. The van der Waals surface area contributed by atoms with E-state index in [1.165, 1.54) is 21.5 Å². The highest BCUT2D eigenvalue weighted by atomic mass is 15.0. The van der Waals surface area contributed by atoms with Gasteiger partial charge >= 0.3 is 0 Å². The summed E-state index contributed by atoms with van der Waals surface area (Å²) in [4.78, 5) is 16.2. The maximum Gasteiger partial charge on any atom is 0.164 e. The molecule has 0 N–H and O–H groups in total. The van der Waals surface area contributed by atoms with E-state index in [-0.39, 0.29) is 0 Å². The summed E-state index contributed by atoms with van der Waals surface area (Å²) >= 11 is 0. The van der Waals surface area contributed by atoms with Gasteiger partial charge in [0, 0.05) is 71.3 Å². The zero-order valence-corrected chi connectivity index (χ0v) is 47.2. The third-order valence-corrected chi connectivity index (χ3v) is 17.3. The lowest BCUT2D eigenvalue weighted by atomic mass is 9.90. The van der Waals surface area contributed by atoms with E-state index in [2.05, 4.69) is 293 Å². The van der Waals surface area contributed by atoms with Crippen molar-refractivity contribution in [1.82, 2.24) is 28.7 Å². The topological polar surface area (TPSA) is 53.5 Å². The quantitative estimate of drug-likeness (QED) is 0.137.